The number of hydrogen-bond acceptors (Lipinski definition) is 15. The van der Waals surface area contributed by atoms with Gasteiger partial charge in [0.1, 0.15) is 18.6 Å². The molecule has 0 fully saturated rings. The minimum atomic E-state index is -1.65. The third-order valence-corrected chi connectivity index (χ3v) is 7.88. The number of guanidine groups is 1. The van der Waals surface area contributed by atoms with Crippen molar-refractivity contribution >= 4 is 76.1 Å². The third kappa shape index (κ3) is 16.7. The number of aromatic amines is 1. The molecule has 0 saturated carbocycles. The van der Waals surface area contributed by atoms with Gasteiger partial charge in [-0.3, -0.25) is 53.1 Å². The number of amides is 6. The van der Waals surface area contributed by atoms with Crippen LogP contribution in [0.3, 0.4) is 0 Å². The number of aliphatic imine (C=N–C) groups is 1. The van der Waals surface area contributed by atoms with Gasteiger partial charge >= 0.3 is 11.9 Å². The number of hydrogen-bond donors (Lipinski definition) is 13. The highest BCUT2D eigenvalue weighted by atomic mass is 16.4. The van der Waals surface area contributed by atoms with Crippen LogP contribution in [0.4, 0.5) is 11.6 Å². The van der Waals surface area contributed by atoms with Crippen molar-refractivity contribution in [1.82, 2.24) is 51.8 Å². The molecule has 0 aliphatic carbocycles. The Bertz CT molecular complexity index is 2140. The van der Waals surface area contributed by atoms with Crippen LogP contribution in [-0.4, -0.2) is 128 Å². The van der Waals surface area contributed by atoms with Gasteiger partial charge < -0.3 is 64.6 Å². The van der Waals surface area contributed by atoms with E-state index < -0.39 is 91.1 Å². The van der Waals surface area contributed by atoms with Crippen molar-refractivity contribution in [3.8, 4) is 0 Å². The van der Waals surface area contributed by atoms with Crippen LogP contribution in [0.1, 0.15) is 48.2 Å². The van der Waals surface area contributed by atoms with Gasteiger partial charge in [-0.1, -0.05) is 0 Å². The Balaban J connectivity index is 1.41. The van der Waals surface area contributed by atoms with Crippen molar-refractivity contribution in [3.63, 3.8) is 0 Å². The average molecular weight is 840 g/mol. The molecule has 0 spiro atoms. The quantitative estimate of drug-likeness (QED) is 0.0229. The maximum Gasteiger partial charge on any atom is 0.322 e. The summed E-state index contributed by atoms with van der Waals surface area (Å²) in [6.07, 6.45) is 0.932. The van der Waals surface area contributed by atoms with Gasteiger partial charge in [-0.15, -0.1) is 0 Å². The summed E-state index contributed by atoms with van der Waals surface area (Å²) >= 11 is 0. The van der Waals surface area contributed by atoms with Gasteiger partial charge in [0.2, 0.25) is 35.5 Å². The third-order valence-electron chi connectivity index (χ3n) is 7.88. The summed E-state index contributed by atoms with van der Waals surface area (Å²) in [7, 11) is 0. The smallest absolute Gasteiger partial charge is 0.322 e. The van der Waals surface area contributed by atoms with Crippen LogP contribution in [0, 0.1) is 0 Å². The lowest BCUT2D eigenvalue weighted by Crippen LogP contribution is -2.53. The number of anilines is 2. The van der Waals surface area contributed by atoms with Crippen LogP contribution in [0.5, 0.6) is 0 Å². The van der Waals surface area contributed by atoms with E-state index in [0.717, 1.165) is 0 Å². The molecule has 0 aliphatic rings. The molecule has 26 nitrogen and oxygen atoms in total. The Labute approximate surface area is 339 Å². The van der Waals surface area contributed by atoms with Crippen molar-refractivity contribution in [3.05, 3.63) is 52.1 Å². The van der Waals surface area contributed by atoms with Gasteiger partial charge in [-0.05, 0) is 43.5 Å². The molecule has 0 saturated heterocycles. The van der Waals surface area contributed by atoms with E-state index >= 15 is 0 Å². The molecule has 2 unspecified atom stereocenters. The fourth-order valence-electron chi connectivity index (χ4n) is 5.03. The number of aliphatic carboxylic acids is 2. The maximum absolute atomic E-state index is 12.9. The van der Waals surface area contributed by atoms with E-state index in [2.05, 4.69) is 56.8 Å². The van der Waals surface area contributed by atoms with Gasteiger partial charge in [-0.25, -0.2) is 9.97 Å². The molecule has 2 heterocycles. The highest BCUT2D eigenvalue weighted by Crippen LogP contribution is 2.12. The van der Waals surface area contributed by atoms with Gasteiger partial charge in [0.05, 0.1) is 37.9 Å². The van der Waals surface area contributed by atoms with Crippen molar-refractivity contribution in [2.45, 2.75) is 50.7 Å². The number of carbonyl (C=O) groups excluding carboxylic acids is 6. The molecular weight excluding hydrogens is 794 g/mol. The number of carbonyl (C=O) groups is 8. The van der Waals surface area contributed by atoms with Crippen LogP contribution in [-0.2, 0) is 40.1 Å². The molecule has 0 bridgehead atoms. The summed E-state index contributed by atoms with van der Waals surface area (Å²) in [5.74, 6) is -7.74. The Morgan fingerprint density at radius 3 is 2.10 bits per heavy atom. The number of carboxylic acids is 2. The zero-order chi connectivity index (χ0) is 44.2. The molecule has 26 heteroatoms. The zero-order valence-electron chi connectivity index (χ0n) is 31.9. The second-order valence-electron chi connectivity index (χ2n) is 12.7. The number of carboxylic acid groups (broad SMARTS) is 2. The number of nitrogens with zero attached hydrogens (tertiary/aromatic N) is 4. The first kappa shape index (κ1) is 46.5. The lowest BCUT2D eigenvalue weighted by atomic mass is 10.1. The number of aromatic nitrogens is 4. The molecule has 60 heavy (non-hydrogen) atoms. The molecule has 6 amide bonds. The lowest BCUT2D eigenvalue weighted by Gasteiger charge is -2.19. The fraction of sp³-hybridized carbons (Fsp3) is 0.382. The highest BCUT2D eigenvalue weighted by Gasteiger charge is 2.26. The molecule has 2 aromatic heterocycles. The first-order valence-electron chi connectivity index (χ1n) is 18.0. The summed E-state index contributed by atoms with van der Waals surface area (Å²) in [5, 5.41) is 34.8. The second-order valence-corrected chi connectivity index (χ2v) is 12.7. The fourth-order valence-corrected chi connectivity index (χ4v) is 5.03. The first-order valence-corrected chi connectivity index (χ1v) is 18.0. The van der Waals surface area contributed by atoms with E-state index in [9.17, 15) is 43.2 Å². The molecule has 0 radical (unpaired) electrons. The molecule has 0 aliphatic heterocycles. The van der Waals surface area contributed by atoms with Gasteiger partial charge in [-0.2, -0.15) is 4.98 Å². The largest absolute Gasteiger partial charge is 0.481 e. The van der Waals surface area contributed by atoms with Crippen molar-refractivity contribution in [1.29, 1.82) is 0 Å². The van der Waals surface area contributed by atoms with Crippen LogP contribution in [0.2, 0.25) is 0 Å². The van der Waals surface area contributed by atoms with E-state index in [-0.39, 0.29) is 68.4 Å². The molecule has 16 N–H and O–H groups in total. The SMILES string of the molecule is NC(N)=NCCCC(NC(=O)CNC(=O)CCCNC(=O)c1ccc(NCc2cnc3nc(N)[nH]c(=O)c3n2)cc1)C(=O)NCC(=O)NC(CC(=O)O)C(=O)NCC(=O)O. The Morgan fingerprint density at radius 1 is 0.783 bits per heavy atom. The monoisotopic (exact) mass is 839 g/mol. The highest BCUT2D eigenvalue weighted by molar-refractivity contribution is 5.95. The average Bonchev–Trinajstić information content (AvgIpc) is 3.19. The Morgan fingerprint density at radius 2 is 1.43 bits per heavy atom. The summed E-state index contributed by atoms with van der Waals surface area (Å²) in [6.45, 7) is -1.66. The van der Waals surface area contributed by atoms with Crippen LogP contribution < -0.4 is 60.0 Å². The Hall–Kier alpha value is -7.93. The molecule has 322 valence electrons. The van der Waals surface area contributed by atoms with E-state index in [1.54, 1.807) is 24.3 Å². The molecule has 2 atom stereocenters. The number of rotatable bonds is 24. The number of fused-ring (bicyclic) bond motifs is 1. The molecular formula is C34H45N15O11. The number of nitrogens with two attached hydrogens (primary N) is 3. The minimum Gasteiger partial charge on any atom is -0.481 e. The summed E-state index contributed by atoms with van der Waals surface area (Å²) < 4.78 is 0. The van der Waals surface area contributed by atoms with Crippen LogP contribution in [0.15, 0.2) is 40.2 Å². The summed E-state index contributed by atoms with van der Waals surface area (Å²) in [5.41, 5.74) is 17.3. The standard InChI is InChI=1S/C34H45N15O11/c35-33(36)39-10-1-3-20(30(58)43-15-24(52)47-21(11-25(53)54)31(59)44-16-26(55)56)46-23(51)14-41-22(50)4-2-9-38-29(57)17-5-7-18(8-6-17)40-12-19-13-42-28-27(45-19)32(60)49-34(37)48-28/h5-8,13,20-21,40H,1-4,9-12,14-16H2,(H,38,57)(H,41,50)(H,43,58)(H,44,59)(H,46,51)(H,47,52)(H,53,54)(H,55,56)(H4,35,36,39)(H3,37,42,48,49,60). The van der Waals surface area contributed by atoms with Crippen molar-refractivity contribution < 1.29 is 48.6 Å². The molecule has 1 aromatic carbocycles. The predicted octanol–water partition coefficient (Wildman–Crippen LogP) is -4.65. The minimum absolute atomic E-state index is 0.0134. The number of nitrogen functional groups attached to an aromatic ring is 1. The van der Waals surface area contributed by atoms with E-state index in [0.29, 0.717) is 16.9 Å². The number of nitrogens with one attached hydrogen (secondary N) is 8. The van der Waals surface area contributed by atoms with Gasteiger partial charge in [0, 0.05) is 30.8 Å². The molecule has 3 aromatic rings. The van der Waals surface area contributed by atoms with Crippen molar-refractivity contribution in [2.24, 2.45) is 16.5 Å². The lowest BCUT2D eigenvalue weighted by molar-refractivity contribution is -0.141. The zero-order valence-corrected chi connectivity index (χ0v) is 31.9. The number of H-pyrrole nitrogens is 1. The topological polar surface area (TPSA) is 423 Å². The summed E-state index contributed by atoms with van der Waals surface area (Å²) in [6, 6.07) is 3.61. The Kier molecular flexibility index (Phi) is 18.1. The first-order chi connectivity index (χ1) is 28.5. The summed E-state index contributed by atoms with van der Waals surface area (Å²) in [4.78, 5) is 128. The van der Waals surface area contributed by atoms with Gasteiger partial charge in [0.15, 0.2) is 17.1 Å². The molecule has 3 rings (SSSR count). The van der Waals surface area contributed by atoms with Crippen LogP contribution in [0.25, 0.3) is 11.2 Å². The van der Waals surface area contributed by atoms with Crippen molar-refractivity contribution in [2.75, 3.05) is 43.8 Å². The maximum atomic E-state index is 12.9. The number of benzene rings is 1. The second kappa shape index (κ2) is 23.3. The van der Waals surface area contributed by atoms with E-state index in [1.807, 2.05) is 5.32 Å². The van der Waals surface area contributed by atoms with E-state index in [1.165, 1.54) is 6.20 Å². The predicted molar refractivity (Wildman–Crippen MR) is 210 cm³/mol. The van der Waals surface area contributed by atoms with Gasteiger partial charge in [0.25, 0.3) is 11.5 Å². The van der Waals surface area contributed by atoms with Crippen LogP contribution >= 0.6 is 0 Å². The normalized spacial score (nSPS) is 11.5. The van der Waals surface area contributed by atoms with E-state index in [4.69, 9.17) is 27.4 Å².